The maximum absolute atomic E-state index is 13.1. The lowest BCUT2D eigenvalue weighted by Gasteiger charge is -2.22. The van der Waals surface area contributed by atoms with E-state index in [0.29, 0.717) is 13.2 Å². The summed E-state index contributed by atoms with van der Waals surface area (Å²) in [6.07, 6.45) is 0.774. The second kappa shape index (κ2) is 6.48. The lowest BCUT2D eigenvalue weighted by atomic mass is 10.1. The summed E-state index contributed by atoms with van der Waals surface area (Å²) in [5, 5.41) is 8.71. The topological polar surface area (TPSA) is 42.2 Å². The van der Waals surface area contributed by atoms with Crippen LogP contribution < -0.4 is 0 Å². The SMILES string of the molecule is COC(C)(C)CCOCc1ccc(F)c(C#N)c1. The van der Waals surface area contributed by atoms with E-state index in [1.54, 1.807) is 13.2 Å². The molecule has 0 fully saturated rings. The molecule has 0 heterocycles. The van der Waals surface area contributed by atoms with E-state index < -0.39 is 5.82 Å². The Labute approximate surface area is 107 Å². The van der Waals surface area contributed by atoms with E-state index in [1.165, 1.54) is 12.1 Å². The highest BCUT2D eigenvalue weighted by Gasteiger charge is 2.15. The third kappa shape index (κ3) is 4.44. The number of rotatable bonds is 6. The molecular formula is C14H18FNO2. The Morgan fingerprint density at radius 3 is 2.72 bits per heavy atom. The largest absolute Gasteiger partial charge is 0.379 e. The second-order valence-electron chi connectivity index (χ2n) is 4.69. The summed E-state index contributed by atoms with van der Waals surface area (Å²) < 4.78 is 23.8. The average molecular weight is 251 g/mol. The van der Waals surface area contributed by atoms with Gasteiger partial charge in [0.2, 0.25) is 0 Å². The van der Waals surface area contributed by atoms with Crippen LogP contribution in [0.25, 0.3) is 0 Å². The predicted octanol–water partition coefficient (Wildman–Crippen LogP) is 3.03. The number of nitriles is 1. The molecule has 0 spiro atoms. The summed E-state index contributed by atoms with van der Waals surface area (Å²) >= 11 is 0. The Morgan fingerprint density at radius 2 is 2.11 bits per heavy atom. The van der Waals surface area contributed by atoms with E-state index in [9.17, 15) is 4.39 Å². The first-order valence-electron chi connectivity index (χ1n) is 5.80. The number of halogens is 1. The lowest BCUT2D eigenvalue weighted by molar-refractivity contribution is -0.0124. The molecule has 0 aliphatic rings. The molecule has 0 aliphatic heterocycles. The molecule has 0 unspecified atom stereocenters. The molecule has 0 atom stereocenters. The van der Waals surface area contributed by atoms with Crippen molar-refractivity contribution in [2.45, 2.75) is 32.5 Å². The van der Waals surface area contributed by atoms with Crippen molar-refractivity contribution in [3.8, 4) is 6.07 Å². The van der Waals surface area contributed by atoms with Crippen molar-refractivity contribution < 1.29 is 13.9 Å². The summed E-state index contributed by atoms with van der Waals surface area (Å²) in [7, 11) is 1.67. The molecular weight excluding hydrogens is 233 g/mol. The van der Waals surface area contributed by atoms with Gasteiger partial charge in [0.15, 0.2) is 0 Å². The zero-order valence-electron chi connectivity index (χ0n) is 11.0. The van der Waals surface area contributed by atoms with Crippen LogP contribution >= 0.6 is 0 Å². The third-order valence-corrected chi connectivity index (χ3v) is 2.82. The van der Waals surface area contributed by atoms with Gasteiger partial charge in [-0.25, -0.2) is 4.39 Å². The second-order valence-corrected chi connectivity index (χ2v) is 4.69. The highest BCUT2D eigenvalue weighted by atomic mass is 19.1. The van der Waals surface area contributed by atoms with E-state index >= 15 is 0 Å². The number of ether oxygens (including phenoxy) is 2. The zero-order chi connectivity index (χ0) is 13.6. The van der Waals surface area contributed by atoms with Gasteiger partial charge in [-0.3, -0.25) is 0 Å². The van der Waals surface area contributed by atoms with Crippen molar-refractivity contribution in [3.05, 3.63) is 35.1 Å². The van der Waals surface area contributed by atoms with Crippen molar-refractivity contribution >= 4 is 0 Å². The van der Waals surface area contributed by atoms with E-state index in [2.05, 4.69) is 0 Å². The van der Waals surface area contributed by atoms with Crippen molar-refractivity contribution in [2.75, 3.05) is 13.7 Å². The van der Waals surface area contributed by atoms with E-state index in [4.69, 9.17) is 14.7 Å². The molecule has 1 rings (SSSR count). The lowest BCUT2D eigenvalue weighted by Crippen LogP contribution is -2.24. The first kappa shape index (κ1) is 14.6. The Balaban J connectivity index is 2.43. The zero-order valence-corrected chi connectivity index (χ0v) is 11.0. The Hall–Kier alpha value is -1.44. The smallest absolute Gasteiger partial charge is 0.140 e. The quantitative estimate of drug-likeness (QED) is 0.730. The molecule has 0 bridgehead atoms. The van der Waals surface area contributed by atoms with Gasteiger partial charge in [-0.1, -0.05) is 6.07 Å². The number of hydrogen-bond acceptors (Lipinski definition) is 3. The maximum atomic E-state index is 13.1. The molecule has 0 aliphatic carbocycles. The summed E-state index contributed by atoms with van der Waals surface area (Å²) in [4.78, 5) is 0. The van der Waals surface area contributed by atoms with Crippen molar-refractivity contribution in [1.82, 2.24) is 0 Å². The highest BCUT2D eigenvalue weighted by Crippen LogP contribution is 2.14. The van der Waals surface area contributed by atoms with Crippen molar-refractivity contribution in [1.29, 1.82) is 5.26 Å². The monoisotopic (exact) mass is 251 g/mol. The van der Waals surface area contributed by atoms with Crippen LogP contribution in [0.3, 0.4) is 0 Å². The van der Waals surface area contributed by atoms with Gasteiger partial charge >= 0.3 is 0 Å². The Bertz CT molecular complexity index is 438. The number of benzene rings is 1. The number of methoxy groups -OCH3 is 1. The molecule has 0 N–H and O–H groups in total. The Kier molecular flexibility index (Phi) is 5.26. The van der Waals surface area contributed by atoms with Gasteiger partial charge in [-0.15, -0.1) is 0 Å². The fraction of sp³-hybridized carbons (Fsp3) is 0.500. The molecule has 0 saturated heterocycles. The molecule has 0 amide bonds. The molecule has 4 heteroatoms. The summed E-state index contributed by atoms with van der Waals surface area (Å²) in [6.45, 7) is 4.90. The highest BCUT2D eigenvalue weighted by molar-refractivity contribution is 5.34. The summed E-state index contributed by atoms with van der Waals surface area (Å²) in [6, 6.07) is 6.23. The van der Waals surface area contributed by atoms with Gasteiger partial charge in [0.1, 0.15) is 11.9 Å². The van der Waals surface area contributed by atoms with Crippen LogP contribution in [-0.2, 0) is 16.1 Å². The van der Waals surface area contributed by atoms with Crippen LogP contribution in [0.4, 0.5) is 4.39 Å². The summed E-state index contributed by atoms with van der Waals surface area (Å²) in [5.74, 6) is -0.498. The van der Waals surface area contributed by atoms with Crippen LogP contribution in [0.15, 0.2) is 18.2 Å². The van der Waals surface area contributed by atoms with Gasteiger partial charge in [0.05, 0.1) is 17.8 Å². The van der Waals surface area contributed by atoms with Crippen LogP contribution in [0, 0.1) is 17.1 Å². The number of nitrogens with zero attached hydrogens (tertiary/aromatic N) is 1. The van der Waals surface area contributed by atoms with Crippen LogP contribution in [-0.4, -0.2) is 19.3 Å². The van der Waals surface area contributed by atoms with Gasteiger partial charge in [-0.2, -0.15) is 5.26 Å². The van der Waals surface area contributed by atoms with Crippen molar-refractivity contribution in [3.63, 3.8) is 0 Å². The minimum Gasteiger partial charge on any atom is -0.379 e. The van der Waals surface area contributed by atoms with Gasteiger partial charge in [0.25, 0.3) is 0 Å². The van der Waals surface area contributed by atoms with Gasteiger partial charge < -0.3 is 9.47 Å². The van der Waals surface area contributed by atoms with E-state index in [1.807, 2.05) is 19.9 Å². The first-order valence-corrected chi connectivity index (χ1v) is 5.80. The van der Waals surface area contributed by atoms with Gasteiger partial charge in [-0.05, 0) is 38.0 Å². The molecule has 0 aromatic heterocycles. The molecule has 0 saturated carbocycles. The average Bonchev–Trinajstić information content (AvgIpc) is 2.36. The van der Waals surface area contributed by atoms with E-state index in [-0.39, 0.29) is 11.2 Å². The minimum atomic E-state index is -0.498. The molecule has 0 radical (unpaired) electrons. The van der Waals surface area contributed by atoms with Crippen molar-refractivity contribution in [2.24, 2.45) is 0 Å². The molecule has 98 valence electrons. The van der Waals surface area contributed by atoms with E-state index in [0.717, 1.165) is 12.0 Å². The third-order valence-electron chi connectivity index (χ3n) is 2.82. The first-order chi connectivity index (χ1) is 8.48. The normalized spacial score (nSPS) is 11.3. The van der Waals surface area contributed by atoms with Crippen LogP contribution in [0.1, 0.15) is 31.4 Å². The summed E-state index contributed by atoms with van der Waals surface area (Å²) in [5.41, 5.74) is 0.636. The standard InChI is InChI=1S/C14H18FNO2/c1-14(2,17-3)6-7-18-10-11-4-5-13(15)12(8-11)9-16/h4-5,8H,6-7,10H2,1-3H3. The minimum absolute atomic E-state index is 0.0494. The fourth-order valence-corrected chi connectivity index (χ4v) is 1.36. The van der Waals surface area contributed by atoms with Crippen LogP contribution in [0.5, 0.6) is 0 Å². The number of hydrogen-bond donors (Lipinski definition) is 0. The maximum Gasteiger partial charge on any atom is 0.140 e. The Morgan fingerprint density at radius 1 is 1.39 bits per heavy atom. The molecule has 1 aromatic carbocycles. The van der Waals surface area contributed by atoms with Gasteiger partial charge in [0, 0.05) is 13.7 Å². The van der Waals surface area contributed by atoms with Crippen LogP contribution in [0.2, 0.25) is 0 Å². The molecule has 3 nitrogen and oxygen atoms in total. The predicted molar refractivity (Wildman–Crippen MR) is 66.5 cm³/mol. The molecule has 1 aromatic rings. The molecule has 18 heavy (non-hydrogen) atoms. The fourth-order valence-electron chi connectivity index (χ4n) is 1.36.